The van der Waals surface area contributed by atoms with E-state index in [1.54, 1.807) is 24.3 Å². The summed E-state index contributed by atoms with van der Waals surface area (Å²) in [7, 11) is 0. The summed E-state index contributed by atoms with van der Waals surface area (Å²) in [4.78, 5) is 41.4. The topological polar surface area (TPSA) is 173 Å². The summed E-state index contributed by atoms with van der Waals surface area (Å²) < 4.78 is 0. The van der Waals surface area contributed by atoms with Gasteiger partial charge in [0.1, 0.15) is 0 Å². The minimum Gasteiger partial charge on any atom is -0.258 e. The monoisotopic (exact) mass is 530 g/mol. The highest BCUT2D eigenvalue weighted by Crippen LogP contribution is 2.35. The predicted molar refractivity (Wildman–Crippen MR) is 133 cm³/mol. The highest BCUT2D eigenvalue weighted by Gasteiger charge is 2.22. The molecule has 0 radical (unpaired) electrons. The third kappa shape index (κ3) is 5.87. The number of benzene rings is 3. The van der Waals surface area contributed by atoms with Crippen molar-refractivity contribution in [1.29, 1.82) is 0 Å². The molecule has 36 heavy (non-hydrogen) atoms. The molecular weight excluding hydrogens is 519 g/mol. The van der Waals surface area contributed by atoms with Crippen LogP contribution in [0.25, 0.3) is 22.2 Å². The van der Waals surface area contributed by atoms with Gasteiger partial charge in [0.2, 0.25) is 0 Å². The summed E-state index contributed by atoms with van der Waals surface area (Å²) in [5.74, 6) is 0. The zero-order chi connectivity index (χ0) is 26.6. The van der Waals surface area contributed by atoms with E-state index in [2.05, 4.69) is 0 Å². The normalized spacial score (nSPS) is 11.7. The SMILES string of the molecule is O=[N+]([O-])c1ccc(/C(Cl)=C\c2ccc(/C=C(/Cl)c3ccc([N+](=O)[O-])cc3[N+](=O)[O-])cc2)c([N+](=O)[O-])c1. The molecule has 0 aliphatic carbocycles. The first-order valence-electron chi connectivity index (χ1n) is 9.69. The standard InChI is InChI=1S/C22H12Cl2N4O8/c23-19(17-7-5-15(25(29)30)11-21(17)27(33)34)9-13-1-2-14(4-3-13)10-20(24)18-8-6-16(26(31)32)12-22(18)28(35)36/h1-12H/b19-9+,20-10+. The zero-order valence-electron chi connectivity index (χ0n) is 17.7. The Kier molecular flexibility index (Phi) is 7.72. The van der Waals surface area contributed by atoms with Crippen LogP contribution in [-0.2, 0) is 0 Å². The van der Waals surface area contributed by atoms with Gasteiger partial charge in [-0.1, -0.05) is 47.5 Å². The fourth-order valence-electron chi connectivity index (χ4n) is 3.11. The molecule has 3 rings (SSSR count). The van der Waals surface area contributed by atoms with E-state index in [4.69, 9.17) is 23.2 Å². The molecule has 0 heterocycles. The molecule has 3 aromatic carbocycles. The zero-order valence-corrected chi connectivity index (χ0v) is 19.3. The lowest BCUT2D eigenvalue weighted by atomic mass is 10.1. The van der Waals surface area contributed by atoms with Gasteiger partial charge >= 0.3 is 0 Å². The number of hydrogen-bond donors (Lipinski definition) is 0. The van der Waals surface area contributed by atoms with Crippen molar-refractivity contribution in [3.8, 4) is 0 Å². The van der Waals surface area contributed by atoms with Gasteiger partial charge in [0, 0.05) is 12.1 Å². The Balaban J connectivity index is 1.91. The number of non-ortho nitro benzene ring substituents is 2. The second-order valence-electron chi connectivity index (χ2n) is 7.08. The van der Waals surface area contributed by atoms with Gasteiger partial charge in [-0.25, -0.2) is 0 Å². The molecule has 0 aliphatic heterocycles. The summed E-state index contributed by atoms with van der Waals surface area (Å²) in [5.41, 5.74) is -0.908. The van der Waals surface area contributed by atoms with Crippen LogP contribution in [0.5, 0.6) is 0 Å². The lowest BCUT2D eigenvalue weighted by Crippen LogP contribution is -1.96. The van der Waals surface area contributed by atoms with Crippen molar-refractivity contribution in [2.24, 2.45) is 0 Å². The van der Waals surface area contributed by atoms with Crippen LogP contribution in [0.15, 0.2) is 60.7 Å². The average Bonchev–Trinajstić information content (AvgIpc) is 2.84. The van der Waals surface area contributed by atoms with Gasteiger partial charge in [0.05, 0.1) is 53.0 Å². The molecule has 0 unspecified atom stereocenters. The Hall–Kier alpha value is -4.68. The number of nitrogens with zero attached hydrogens (tertiary/aromatic N) is 4. The van der Waals surface area contributed by atoms with E-state index >= 15 is 0 Å². The van der Waals surface area contributed by atoms with Gasteiger partial charge in [-0.05, 0) is 35.4 Å². The number of halogens is 2. The lowest BCUT2D eigenvalue weighted by Gasteiger charge is -2.04. The molecule has 0 amide bonds. The average molecular weight is 531 g/mol. The van der Waals surface area contributed by atoms with E-state index in [0.717, 1.165) is 24.3 Å². The fourth-order valence-corrected chi connectivity index (χ4v) is 3.68. The highest BCUT2D eigenvalue weighted by atomic mass is 35.5. The molecule has 3 aromatic rings. The minimum atomic E-state index is -0.772. The molecule has 0 N–H and O–H groups in total. The van der Waals surface area contributed by atoms with Crippen molar-refractivity contribution in [1.82, 2.24) is 0 Å². The maximum atomic E-state index is 11.3. The molecule has 182 valence electrons. The quantitative estimate of drug-likeness (QED) is 0.173. The van der Waals surface area contributed by atoms with Crippen LogP contribution >= 0.6 is 23.2 Å². The Morgan fingerprint density at radius 1 is 0.556 bits per heavy atom. The number of rotatable bonds is 8. The maximum absolute atomic E-state index is 11.3. The van der Waals surface area contributed by atoms with Crippen LogP contribution in [0.1, 0.15) is 22.3 Å². The molecule has 0 saturated heterocycles. The second-order valence-corrected chi connectivity index (χ2v) is 7.90. The smallest absolute Gasteiger partial charge is 0.258 e. The summed E-state index contributed by atoms with van der Waals surface area (Å²) >= 11 is 12.5. The van der Waals surface area contributed by atoms with E-state index < -0.39 is 42.4 Å². The molecule has 12 nitrogen and oxygen atoms in total. The molecule has 14 heteroatoms. The lowest BCUT2D eigenvalue weighted by molar-refractivity contribution is -0.394. The van der Waals surface area contributed by atoms with Gasteiger partial charge in [0.15, 0.2) is 0 Å². The predicted octanol–water partition coefficient (Wildman–Crippen LogP) is 6.79. The largest absolute Gasteiger partial charge is 0.284 e. The Labute approximate surface area is 211 Å². The molecule has 0 fully saturated rings. The van der Waals surface area contributed by atoms with Crippen molar-refractivity contribution in [2.75, 3.05) is 0 Å². The van der Waals surface area contributed by atoms with Crippen LogP contribution in [-0.4, -0.2) is 19.7 Å². The molecule has 0 aromatic heterocycles. The van der Waals surface area contributed by atoms with Crippen LogP contribution in [0.2, 0.25) is 0 Å². The number of nitro groups is 4. The fraction of sp³-hybridized carbons (Fsp3) is 0. The van der Waals surface area contributed by atoms with Crippen molar-refractivity contribution in [3.63, 3.8) is 0 Å². The minimum absolute atomic E-state index is 0.00948. The summed E-state index contributed by atoms with van der Waals surface area (Å²) in [5, 5.41) is 44.4. The molecule has 0 spiro atoms. The van der Waals surface area contributed by atoms with E-state index in [-0.39, 0.29) is 21.2 Å². The van der Waals surface area contributed by atoms with Gasteiger partial charge in [-0.2, -0.15) is 0 Å². The van der Waals surface area contributed by atoms with Gasteiger partial charge in [-0.3, -0.25) is 40.5 Å². The Bertz CT molecular complexity index is 1360. The van der Waals surface area contributed by atoms with Crippen molar-refractivity contribution in [2.45, 2.75) is 0 Å². The molecule has 0 aliphatic rings. The molecule has 0 saturated carbocycles. The van der Waals surface area contributed by atoms with Gasteiger partial charge in [-0.15, -0.1) is 0 Å². The Morgan fingerprint density at radius 3 is 1.17 bits per heavy atom. The van der Waals surface area contributed by atoms with Crippen LogP contribution in [0, 0.1) is 40.5 Å². The maximum Gasteiger partial charge on any atom is 0.284 e. The van der Waals surface area contributed by atoms with Crippen molar-refractivity contribution >= 4 is 68.2 Å². The summed E-state index contributed by atoms with van der Waals surface area (Å²) in [6.07, 6.45) is 2.85. The Morgan fingerprint density at radius 2 is 0.889 bits per heavy atom. The third-order valence-corrected chi connectivity index (χ3v) is 5.44. The first-order chi connectivity index (χ1) is 17.0. The van der Waals surface area contributed by atoms with E-state index in [0.29, 0.717) is 11.1 Å². The molecule has 0 bridgehead atoms. The van der Waals surface area contributed by atoms with E-state index in [1.807, 2.05) is 0 Å². The van der Waals surface area contributed by atoms with Crippen molar-refractivity contribution in [3.05, 3.63) is 123 Å². The number of hydrogen-bond acceptors (Lipinski definition) is 8. The summed E-state index contributed by atoms with van der Waals surface area (Å²) in [6, 6.07) is 12.6. The highest BCUT2D eigenvalue weighted by molar-refractivity contribution is 6.52. The van der Waals surface area contributed by atoms with Crippen molar-refractivity contribution < 1.29 is 19.7 Å². The van der Waals surface area contributed by atoms with E-state index in [1.165, 1.54) is 24.3 Å². The van der Waals surface area contributed by atoms with Crippen LogP contribution in [0.3, 0.4) is 0 Å². The van der Waals surface area contributed by atoms with E-state index in [9.17, 15) is 40.5 Å². The summed E-state index contributed by atoms with van der Waals surface area (Å²) in [6.45, 7) is 0. The molecule has 0 atom stereocenters. The third-order valence-electron chi connectivity index (χ3n) is 4.82. The van der Waals surface area contributed by atoms with Gasteiger partial charge < -0.3 is 0 Å². The van der Waals surface area contributed by atoms with Crippen LogP contribution in [0.4, 0.5) is 22.7 Å². The second kappa shape index (κ2) is 10.7. The van der Waals surface area contributed by atoms with Gasteiger partial charge in [0.25, 0.3) is 22.7 Å². The first-order valence-corrected chi connectivity index (χ1v) is 10.4. The van der Waals surface area contributed by atoms with Crippen LogP contribution < -0.4 is 0 Å². The first kappa shape index (κ1) is 25.9. The molecular formula is C22H12Cl2N4O8. The number of nitro benzene ring substituents is 4.